The molecule has 0 radical (unpaired) electrons. The van der Waals surface area contributed by atoms with Gasteiger partial charge in [-0.3, -0.25) is 9.80 Å². The molecule has 0 amide bonds. The van der Waals surface area contributed by atoms with Gasteiger partial charge in [0, 0.05) is 76.3 Å². The maximum absolute atomic E-state index is 12.9. The fourth-order valence-electron chi connectivity index (χ4n) is 11.3. The van der Waals surface area contributed by atoms with Gasteiger partial charge in [0.25, 0.3) is 0 Å². The first kappa shape index (κ1) is 49.1. The number of fused-ring (bicyclic) bond motifs is 2. The molecule has 6 aromatic heterocycles. The smallest absolute Gasteiger partial charge is 0.357 e. The number of hydrogen-bond acceptors (Lipinski definition) is 15. The maximum atomic E-state index is 12.9. The molecule has 0 unspecified atom stereocenters. The predicted molar refractivity (Wildman–Crippen MR) is 280 cm³/mol. The number of esters is 1. The number of anilines is 2. The van der Waals surface area contributed by atoms with Crippen molar-refractivity contribution in [2.75, 3.05) is 95.2 Å². The summed E-state index contributed by atoms with van der Waals surface area (Å²) in [4.78, 5) is 53.6. The van der Waals surface area contributed by atoms with Crippen molar-refractivity contribution in [2.45, 2.75) is 95.1 Å². The Bertz CT molecular complexity index is 2920. The van der Waals surface area contributed by atoms with Gasteiger partial charge in [0.2, 0.25) is 0 Å². The highest BCUT2D eigenvalue weighted by atomic mass is 79.9. The van der Waals surface area contributed by atoms with E-state index < -0.39 is 11.9 Å². The third-order valence-corrected chi connectivity index (χ3v) is 16.4. The van der Waals surface area contributed by atoms with E-state index >= 15 is 0 Å². The van der Waals surface area contributed by atoms with Crippen LogP contribution >= 0.6 is 31.9 Å². The molecular weight excluding hydrogens is 1050 g/mol. The Balaban J connectivity index is 0.000000156. The summed E-state index contributed by atoms with van der Waals surface area (Å²) in [6.07, 6.45) is 11.1. The van der Waals surface area contributed by atoms with Gasteiger partial charge >= 0.3 is 11.9 Å². The zero-order chi connectivity index (χ0) is 49.3. The lowest BCUT2D eigenvalue weighted by Gasteiger charge is -2.41. The van der Waals surface area contributed by atoms with Crippen LogP contribution in [0.4, 0.5) is 11.4 Å². The molecule has 4 saturated heterocycles. The third kappa shape index (κ3) is 10.1. The molecule has 0 bridgehead atoms. The van der Waals surface area contributed by atoms with Crippen LogP contribution in [0, 0.1) is 0 Å². The van der Waals surface area contributed by atoms with E-state index in [1.165, 1.54) is 12.8 Å². The first-order chi connectivity index (χ1) is 35.2. The number of rotatable bonds is 11. The van der Waals surface area contributed by atoms with Crippen LogP contribution in [0.1, 0.15) is 115 Å². The molecule has 6 aliphatic rings. The molecule has 2 saturated carbocycles. The number of pyridine rings is 4. The SMILES string of the molecule is CCOC(=O)c1cc(N2CCC(N3CCOCC3)CC2)c2c(C3CCC3)nn(-c3cccc(Br)n3)c2n1.O=C(O)c1cc(N2CCC(N3CCOCC3)CC2)c2c(C3CCC3)nn(-c3cccc(Br)n3)c2n1. The van der Waals surface area contributed by atoms with Crippen LogP contribution in [-0.4, -0.2) is 164 Å². The van der Waals surface area contributed by atoms with Crippen LogP contribution in [0.15, 0.2) is 57.7 Å². The largest absolute Gasteiger partial charge is 0.477 e. The summed E-state index contributed by atoms with van der Waals surface area (Å²) in [5, 5.41) is 22.0. The number of carbonyl (C=O) groups is 2. The molecule has 6 aromatic rings. The molecule has 4 aliphatic heterocycles. The van der Waals surface area contributed by atoms with E-state index in [0.717, 1.165) is 168 Å². The topological polar surface area (TPSA) is 182 Å². The lowest BCUT2D eigenvalue weighted by atomic mass is 9.82. The van der Waals surface area contributed by atoms with Gasteiger partial charge < -0.3 is 29.1 Å². The van der Waals surface area contributed by atoms with Gasteiger partial charge in [-0.15, -0.1) is 0 Å². The Morgan fingerprint density at radius 1 is 0.611 bits per heavy atom. The Morgan fingerprint density at radius 2 is 1.04 bits per heavy atom. The molecule has 1 N–H and O–H groups in total. The second-order valence-electron chi connectivity index (χ2n) is 19.7. The van der Waals surface area contributed by atoms with E-state index in [4.69, 9.17) is 29.4 Å². The van der Waals surface area contributed by atoms with Crippen molar-refractivity contribution < 1.29 is 28.9 Å². The molecule has 0 spiro atoms. The Kier molecular flexibility index (Phi) is 14.8. The number of morpholine rings is 2. The lowest BCUT2D eigenvalue weighted by Crippen LogP contribution is -2.49. The van der Waals surface area contributed by atoms with Crippen molar-refractivity contribution in [3.8, 4) is 11.6 Å². The van der Waals surface area contributed by atoms with Crippen molar-refractivity contribution in [3.05, 3.63) is 80.5 Å². The number of halogens is 2. The van der Waals surface area contributed by atoms with Crippen LogP contribution in [0.2, 0.25) is 0 Å². The molecule has 18 nitrogen and oxygen atoms in total. The minimum atomic E-state index is -1.03. The normalized spacial score (nSPS) is 20.0. The maximum Gasteiger partial charge on any atom is 0.357 e. The van der Waals surface area contributed by atoms with Gasteiger partial charge in [-0.25, -0.2) is 29.5 Å². The molecule has 20 heteroatoms. The first-order valence-electron chi connectivity index (χ1n) is 25.9. The highest BCUT2D eigenvalue weighted by Crippen LogP contribution is 2.45. The van der Waals surface area contributed by atoms with Crippen molar-refractivity contribution in [3.63, 3.8) is 0 Å². The number of carboxylic acids is 1. The Morgan fingerprint density at radius 3 is 1.43 bits per heavy atom. The zero-order valence-electron chi connectivity index (χ0n) is 40.8. The molecule has 2 aliphatic carbocycles. The lowest BCUT2D eigenvalue weighted by molar-refractivity contribution is 0.0115. The van der Waals surface area contributed by atoms with Crippen LogP contribution < -0.4 is 9.80 Å². The van der Waals surface area contributed by atoms with Gasteiger partial charge in [0.1, 0.15) is 9.21 Å². The van der Waals surface area contributed by atoms with E-state index in [9.17, 15) is 14.7 Å². The number of carboxylic acid groups (broad SMARTS) is 1. The summed E-state index contributed by atoms with van der Waals surface area (Å²) < 4.78 is 21.4. The highest BCUT2D eigenvalue weighted by Gasteiger charge is 2.35. The molecule has 10 heterocycles. The second-order valence-corrected chi connectivity index (χ2v) is 21.3. The number of aromatic nitrogens is 8. The summed E-state index contributed by atoms with van der Waals surface area (Å²) in [6.45, 7) is 13.0. The van der Waals surface area contributed by atoms with E-state index in [1.807, 2.05) is 49.4 Å². The van der Waals surface area contributed by atoms with E-state index in [-0.39, 0.29) is 5.69 Å². The van der Waals surface area contributed by atoms with Crippen molar-refractivity contribution in [1.82, 2.24) is 49.3 Å². The summed E-state index contributed by atoms with van der Waals surface area (Å²) >= 11 is 6.94. The summed E-state index contributed by atoms with van der Waals surface area (Å²) in [5.74, 6) is 0.631. The number of aromatic carboxylic acids is 1. The summed E-state index contributed by atoms with van der Waals surface area (Å²) in [7, 11) is 0. The molecule has 12 rings (SSSR count). The average molecular weight is 1110 g/mol. The average Bonchev–Trinajstić information content (AvgIpc) is 3.95. The standard InChI is InChI=1S/C27H33BrN6O3.C25H29BrN6O3/c1-2-37-27(35)20-17-21(33-11-9-19(10-12-33)32-13-15-36-16-14-32)24-25(18-5-3-6-18)31-34(26(24)29-20)23-8-4-7-22(28)30-23;26-20-5-2-6-21(28-20)32-24-22(23(29-32)16-3-1-4-16)19(15-18(27-24)25(33)34)31-9-7-17(8-10-31)30-11-13-35-14-12-30/h4,7-8,17-19H,2-3,5-6,9-16H2,1H3;2,5-6,15-17H,1,3-4,7-14H2,(H,33,34). The van der Waals surface area contributed by atoms with E-state index in [0.29, 0.717) is 63.8 Å². The number of hydrogen-bond donors (Lipinski definition) is 1. The molecule has 72 heavy (non-hydrogen) atoms. The zero-order valence-corrected chi connectivity index (χ0v) is 44.0. The molecule has 0 aromatic carbocycles. The van der Waals surface area contributed by atoms with Crippen LogP contribution in [0.25, 0.3) is 33.7 Å². The summed E-state index contributed by atoms with van der Waals surface area (Å²) in [6, 6.07) is 16.2. The number of piperidine rings is 2. The van der Waals surface area contributed by atoms with E-state index in [2.05, 4.69) is 66.4 Å². The number of nitrogens with zero attached hydrogens (tertiary/aromatic N) is 12. The fourth-order valence-corrected chi connectivity index (χ4v) is 11.9. The van der Waals surface area contributed by atoms with Crippen molar-refractivity contribution in [1.29, 1.82) is 0 Å². The Labute approximate surface area is 435 Å². The highest BCUT2D eigenvalue weighted by molar-refractivity contribution is 9.10. The quantitative estimate of drug-likeness (QED) is 0.0968. The number of ether oxygens (including phenoxy) is 3. The molecule has 380 valence electrons. The number of carbonyl (C=O) groups excluding carboxylic acids is 1. The van der Waals surface area contributed by atoms with Crippen molar-refractivity contribution in [2.24, 2.45) is 0 Å². The Hall–Kier alpha value is -5.12. The van der Waals surface area contributed by atoms with Gasteiger partial charge in [-0.1, -0.05) is 25.0 Å². The summed E-state index contributed by atoms with van der Waals surface area (Å²) in [5.41, 5.74) is 5.66. The predicted octanol–water partition coefficient (Wildman–Crippen LogP) is 8.17. The minimum absolute atomic E-state index is 0.0408. The molecular formula is C52H62Br2N12O6. The second kappa shape index (κ2) is 21.8. The first-order valence-corrected chi connectivity index (χ1v) is 27.5. The van der Waals surface area contributed by atoms with E-state index in [1.54, 1.807) is 15.4 Å². The van der Waals surface area contributed by atoms with Gasteiger partial charge in [-0.05, 0) is 127 Å². The van der Waals surface area contributed by atoms with Gasteiger partial charge in [-0.2, -0.15) is 19.6 Å². The van der Waals surface area contributed by atoms with Gasteiger partial charge in [0.15, 0.2) is 34.3 Å². The minimum Gasteiger partial charge on any atom is -0.477 e. The molecule has 0 atom stereocenters. The van der Waals surface area contributed by atoms with Crippen LogP contribution in [0.3, 0.4) is 0 Å². The third-order valence-electron chi connectivity index (χ3n) is 15.5. The molecule has 6 fully saturated rings. The van der Waals surface area contributed by atoms with Crippen LogP contribution in [-0.2, 0) is 14.2 Å². The van der Waals surface area contributed by atoms with Crippen molar-refractivity contribution >= 4 is 77.2 Å². The monoisotopic (exact) mass is 1110 g/mol. The van der Waals surface area contributed by atoms with Gasteiger partial charge in [0.05, 0.1) is 66.6 Å². The van der Waals surface area contributed by atoms with Crippen LogP contribution in [0.5, 0.6) is 0 Å². The fraction of sp³-hybridized carbons (Fsp3) is 0.538.